The number of aliphatic hydroxyl groups excluding tert-OH is 1. The fraction of sp³-hybridized carbons (Fsp3) is 1.00. The number of hydrogen-bond donors (Lipinski definition) is 2. The lowest BCUT2D eigenvalue weighted by Crippen LogP contribution is -2.55. The minimum absolute atomic E-state index is 0.0345. The van der Waals surface area contributed by atoms with Crippen molar-refractivity contribution in [2.75, 3.05) is 19.8 Å². The first-order valence-electron chi connectivity index (χ1n) is 5.81. The van der Waals surface area contributed by atoms with E-state index >= 15 is 0 Å². The molecule has 0 atom stereocenters. The Labute approximate surface area is 85.8 Å². The summed E-state index contributed by atoms with van der Waals surface area (Å²) in [6, 6.07) is 0.639. The Morgan fingerprint density at radius 1 is 1.21 bits per heavy atom. The van der Waals surface area contributed by atoms with Gasteiger partial charge in [-0.1, -0.05) is 12.8 Å². The molecule has 0 radical (unpaired) electrons. The number of nitrogens with one attached hydrogen (secondary N) is 1. The van der Waals surface area contributed by atoms with Gasteiger partial charge in [0, 0.05) is 24.8 Å². The van der Waals surface area contributed by atoms with Gasteiger partial charge in [0.05, 0.1) is 6.61 Å². The summed E-state index contributed by atoms with van der Waals surface area (Å²) in [5.74, 6) is 0. The van der Waals surface area contributed by atoms with Crippen molar-refractivity contribution in [3.05, 3.63) is 0 Å². The molecule has 1 saturated carbocycles. The topological polar surface area (TPSA) is 41.5 Å². The van der Waals surface area contributed by atoms with Gasteiger partial charge in [0.1, 0.15) is 0 Å². The van der Waals surface area contributed by atoms with Crippen LogP contribution in [-0.4, -0.2) is 36.5 Å². The maximum Gasteiger partial charge on any atom is 0.0615 e. The Bertz CT molecular complexity index is 172. The number of ether oxygens (including phenoxy) is 1. The molecule has 14 heavy (non-hydrogen) atoms. The van der Waals surface area contributed by atoms with Crippen LogP contribution in [0.4, 0.5) is 0 Å². The van der Waals surface area contributed by atoms with Gasteiger partial charge in [0.15, 0.2) is 0 Å². The summed E-state index contributed by atoms with van der Waals surface area (Å²) in [5.41, 5.74) is -0.0345. The molecule has 3 nitrogen and oxygen atoms in total. The Kier molecular flexibility index (Phi) is 3.42. The van der Waals surface area contributed by atoms with Crippen LogP contribution in [0.2, 0.25) is 0 Å². The highest BCUT2D eigenvalue weighted by Gasteiger charge is 2.34. The summed E-state index contributed by atoms with van der Waals surface area (Å²) in [6.07, 6.45) is 7.16. The van der Waals surface area contributed by atoms with Gasteiger partial charge < -0.3 is 15.2 Å². The fourth-order valence-corrected chi connectivity index (χ4v) is 2.61. The number of aliphatic hydroxyl groups is 1. The van der Waals surface area contributed by atoms with Crippen molar-refractivity contribution in [3.63, 3.8) is 0 Å². The average molecular weight is 199 g/mol. The molecule has 3 heteroatoms. The van der Waals surface area contributed by atoms with E-state index in [1.165, 1.54) is 25.7 Å². The Hall–Kier alpha value is -0.120. The van der Waals surface area contributed by atoms with Gasteiger partial charge in [-0.05, 0) is 25.7 Å². The van der Waals surface area contributed by atoms with Gasteiger partial charge in [-0.2, -0.15) is 0 Å². The van der Waals surface area contributed by atoms with Crippen LogP contribution in [0.1, 0.15) is 38.5 Å². The van der Waals surface area contributed by atoms with E-state index in [1.807, 2.05) is 0 Å². The van der Waals surface area contributed by atoms with Crippen LogP contribution in [0.25, 0.3) is 0 Å². The quantitative estimate of drug-likeness (QED) is 0.714. The summed E-state index contributed by atoms with van der Waals surface area (Å²) in [7, 11) is 0. The maximum absolute atomic E-state index is 9.48. The Morgan fingerprint density at radius 2 is 1.86 bits per heavy atom. The van der Waals surface area contributed by atoms with E-state index < -0.39 is 0 Å². The molecular weight excluding hydrogens is 178 g/mol. The lowest BCUT2D eigenvalue weighted by molar-refractivity contribution is 0.00692. The third-order valence-corrected chi connectivity index (χ3v) is 3.62. The first kappa shape index (κ1) is 10.4. The normalized spacial score (nSPS) is 28.1. The summed E-state index contributed by atoms with van der Waals surface area (Å²) in [6.45, 7) is 1.84. The third kappa shape index (κ3) is 2.27. The van der Waals surface area contributed by atoms with E-state index in [2.05, 4.69) is 5.32 Å². The Balaban J connectivity index is 1.89. The van der Waals surface area contributed by atoms with Crippen molar-refractivity contribution in [3.8, 4) is 0 Å². The molecule has 0 unspecified atom stereocenters. The molecule has 1 heterocycles. The smallest absolute Gasteiger partial charge is 0.0615 e. The minimum Gasteiger partial charge on any atom is -0.394 e. The van der Waals surface area contributed by atoms with Crippen LogP contribution in [0.3, 0.4) is 0 Å². The zero-order chi connectivity index (χ0) is 9.86. The molecule has 0 amide bonds. The average Bonchev–Trinajstić information content (AvgIpc) is 2.72. The number of rotatable bonds is 3. The minimum atomic E-state index is -0.0345. The van der Waals surface area contributed by atoms with Gasteiger partial charge in [0.25, 0.3) is 0 Å². The van der Waals surface area contributed by atoms with Gasteiger partial charge in [0.2, 0.25) is 0 Å². The summed E-state index contributed by atoms with van der Waals surface area (Å²) < 4.78 is 5.34. The molecule has 0 aromatic rings. The molecule has 2 N–H and O–H groups in total. The van der Waals surface area contributed by atoms with Crippen molar-refractivity contribution >= 4 is 0 Å². The number of hydrogen-bond acceptors (Lipinski definition) is 3. The van der Waals surface area contributed by atoms with E-state index in [4.69, 9.17) is 4.74 Å². The molecular formula is C11H21NO2. The van der Waals surface area contributed by atoms with Crippen molar-refractivity contribution in [1.29, 1.82) is 0 Å². The van der Waals surface area contributed by atoms with Crippen LogP contribution in [0.15, 0.2) is 0 Å². The molecule has 1 aliphatic carbocycles. The Morgan fingerprint density at radius 3 is 2.43 bits per heavy atom. The summed E-state index contributed by atoms with van der Waals surface area (Å²) >= 11 is 0. The standard InChI is InChI=1S/C11H21NO2/c13-9-11(5-7-14-8-6-11)12-10-3-1-2-4-10/h10,12-13H,1-9H2. The van der Waals surface area contributed by atoms with Gasteiger partial charge in [-0.25, -0.2) is 0 Å². The summed E-state index contributed by atoms with van der Waals surface area (Å²) in [4.78, 5) is 0. The molecule has 2 aliphatic rings. The van der Waals surface area contributed by atoms with Crippen LogP contribution in [0.5, 0.6) is 0 Å². The SMILES string of the molecule is OCC1(NC2CCCC2)CCOCC1. The molecule has 82 valence electrons. The molecule has 2 fully saturated rings. The molecule has 2 rings (SSSR count). The van der Waals surface area contributed by atoms with Gasteiger partial charge in [-0.3, -0.25) is 0 Å². The zero-order valence-corrected chi connectivity index (χ0v) is 8.80. The highest BCUT2D eigenvalue weighted by atomic mass is 16.5. The van der Waals surface area contributed by atoms with Crippen molar-refractivity contribution in [1.82, 2.24) is 5.32 Å². The van der Waals surface area contributed by atoms with Crippen molar-refractivity contribution < 1.29 is 9.84 Å². The first-order valence-corrected chi connectivity index (χ1v) is 5.81. The van der Waals surface area contributed by atoms with E-state index in [0.29, 0.717) is 6.04 Å². The second-order valence-electron chi connectivity index (χ2n) is 4.68. The molecule has 0 bridgehead atoms. The lowest BCUT2D eigenvalue weighted by atomic mass is 9.90. The van der Waals surface area contributed by atoms with Crippen LogP contribution >= 0.6 is 0 Å². The van der Waals surface area contributed by atoms with Crippen molar-refractivity contribution in [2.24, 2.45) is 0 Å². The van der Waals surface area contributed by atoms with Gasteiger partial charge in [-0.15, -0.1) is 0 Å². The largest absolute Gasteiger partial charge is 0.394 e. The van der Waals surface area contributed by atoms with Crippen LogP contribution in [-0.2, 0) is 4.74 Å². The van der Waals surface area contributed by atoms with E-state index in [1.54, 1.807) is 0 Å². The maximum atomic E-state index is 9.48. The van der Waals surface area contributed by atoms with Gasteiger partial charge >= 0.3 is 0 Å². The van der Waals surface area contributed by atoms with Crippen LogP contribution < -0.4 is 5.32 Å². The second kappa shape index (κ2) is 4.60. The zero-order valence-electron chi connectivity index (χ0n) is 8.80. The van der Waals surface area contributed by atoms with E-state index in [-0.39, 0.29) is 12.1 Å². The second-order valence-corrected chi connectivity index (χ2v) is 4.68. The monoisotopic (exact) mass is 199 g/mol. The molecule has 0 aromatic carbocycles. The molecule has 1 saturated heterocycles. The molecule has 0 aromatic heterocycles. The first-order chi connectivity index (χ1) is 6.85. The van der Waals surface area contributed by atoms with Crippen molar-refractivity contribution in [2.45, 2.75) is 50.1 Å². The predicted octanol–water partition coefficient (Wildman–Crippen LogP) is 1.06. The lowest BCUT2D eigenvalue weighted by Gasteiger charge is -2.38. The fourth-order valence-electron chi connectivity index (χ4n) is 2.61. The highest BCUT2D eigenvalue weighted by molar-refractivity contribution is 4.93. The third-order valence-electron chi connectivity index (χ3n) is 3.62. The molecule has 0 spiro atoms. The van der Waals surface area contributed by atoms with E-state index in [9.17, 15) is 5.11 Å². The van der Waals surface area contributed by atoms with E-state index in [0.717, 1.165) is 26.1 Å². The predicted molar refractivity (Wildman–Crippen MR) is 55.3 cm³/mol. The summed E-state index contributed by atoms with van der Waals surface area (Å²) in [5, 5.41) is 13.1. The molecule has 1 aliphatic heterocycles. The van der Waals surface area contributed by atoms with Crippen LogP contribution in [0, 0.1) is 0 Å². The highest BCUT2D eigenvalue weighted by Crippen LogP contribution is 2.25.